The number of alkyl halides is 12. The van der Waals surface area contributed by atoms with Crippen LogP contribution in [0, 0.1) is 0 Å². The molecule has 0 atom stereocenters. The maximum Gasteiger partial charge on any atom is 0.434 e. The Labute approximate surface area is 356 Å². The summed E-state index contributed by atoms with van der Waals surface area (Å²) in [4.78, 5) is 43.7. The molecule has 0 bridgehead atoms. The number of rotatable bonds is 8. The zero-order chi connectivity index (χ0) is 46.4. The highest BCUT2D eigenvalue weighted by Gasteiger charge is 2.61. The minimum atomic E-state index is -5.75. The normalized spacial score (nSPS) is 15.7. The van der Waals surface area contributed by atoms with Crippen LogP contribution in [-0.2, 0) is 9.47 Å². The average molecular weight is 933 g/mol. The van der Waals surface area contributed by atoms with Crippen LogP contribution in [0.15, 0.2) is 98.1 Å². The topological polar surface area (TPSA) is 126 Å². The fourth-order valence-electron chi connectivity index (χ4n) is 6.39. The van der Waals surface area contributed by atoms with E-state index in [1.807, 2.05) is 54.0 Å². The first-order valence-corrected chi connectivity index (χ1v) is 18.8. The molecule has 6 heterocycles. The third kappa shape index (κ3) is 15.5. The van der Waals surface area contributed by atoms with Gasteiger partial charge in [0.1, 0.15) is 0 Å². The van der Waals surface area contributed by atoms with Crippen LogP contribution in [0.25, 0.3) is 0 Å². The highest BCUT2D eigenvalue weighted by Crippen LogP contribution is 2.38. The first-order valence-electron chi connectivity index (χ1n) is 18.4. The molecule has 63 heavy (non-hydrogen) atoms. The Kier molecular flexibility index (Phi) is 17.8. The van der Waals surface area contributed by atoms with Crippen molar-refractivity contribution in [3.63, 3.8) is 0 Å². The van der Waals surface area contributed by atoms with Crippen molar-refractivity contribution >= 4 is 23.1 Å². The monoisotopic (exact) mass is 932 g/mol. The van der Waals surface area contributed by atoms with Gasteiger partial charge in [0.15, 0.2) is 0 Å². The van der Waals surface area contributed by atoms with E-state index >= 15 is 0 Å². The highest BCUT2D eigenvalue weighted by molar-refractivity contribution is 6.61. The quantitative estimate of drug-likeness (QED) is 0.136. The maximum atomic E-state index is 12.7. The van der Waals surface area contributed by atoms with E-state index in [1.54, 1.807) is 36.9 Å². The summed E-state index contributed by atoms with van der Waals surface area (Å²) >= 11 is 4.22. The van der Waals surface area contributed by atoms with E-state index in [4.69, 9.17) is 0 Å². The maximum absolute atomic E-state index is 12.7. The van der Waals surface area contributed by atoms with Crippen LogP contribution in [0.4, 0.5) is 62.3 Å². The van der Waals surface area contributed by atoms with E-state index in [0.717, 1.165) is 42.2 Å². The van der Waals surface area contributed by atoms with Crippen LogP contribution in [0.2, 0.25) is 0 Å². The lowest BCUT2D eigenvalue weighted by atomic mass is 9.99. The second kappa shape index (κ2) is 22.3. The molecule has 1 N–H and O–H groups in total. The lowest BCUT2D eigenvalue weighted by molar-refractivity contribution is -0.308. The number of hydrogen-bond donors (Lipinski definition) is 1. The SMILES string of the molecule is O=C(Cl)OC(C(F)(F)F)C(F)(F)F.O=C(OC(C(F)(F)F)C(F)(F)F)N1CCN(C(c2cccnc2)c2cccnc2)CC1.c1cncc(C(c2cccnc2)N2CCNCC2)c1. The van der Waals surface area contributed by atoms with Crippen molar-refractivity contribution in [2.75, 3.05) is 52.4 Å². The van der Waals surface area contributed by atoms with Crippen LogP contribution in [0.5, 0.6) is 0 Å². The number of amides is 1. The number of aromatic nitrogens is 4. The fraction of sp³-hybridized carbons (Fsp3) is 0.421. The molecule has 1 amide bonds. The highest BCUT2D eigenvalue weighted by atomic mass is 35.5. The van der Waals surface area contributed by atoms with E-state index in [9.17, 15) is 62.3 Å². The third-order valence-corrected chi connectivity index (χ3v) is 9.16. The van der Waals surface area contributed by atoms with Gasteiger partial charge >= 0.3 is 36.2 Å². The summed E-state index contributed by atoms with van der Waals surface area (Å²) in [5.74, 6) is 0. The zero-order valence-electron chi connectivity index (χ0n) is 32.4. The lowest BCUT2D eigenvalue weighted by Crippen LogP contribution is -2.53. The van der Waals surface area contributed by atoms with Gasteiger partial charge in [0.2, 0.25) is 0 Å². The predicted octanol–water partition coefficient (Wildman–Crippen LogP) is 8.14. The number of nitrogens with zero attached hydrogens (tertiary/aromatic N) is 7. The Morgan fingerprint density at radius 2 is 0.841 bits per heavy atom. The van der Waals surface area contributed by atoms with E-state index in [0.29, 0.717) is 0 Å². The summed E-state index contributed by atoms with van der Waals surface area (Å²) in [7, 11) is 0. The summed E-state index contributed by atoms with van der Waals surface area (Å²) in [5, 5.41) is 3.40. The van der Waals surface area contributed by atoms with Gasteiger partial charge in [0.05, 0.1) is 12.1 Å². The van der Waals surface area contributed by atoms with Gasteiger partial charge in [-0.1, -0.05) is 24.3 Å². The van der Waals surface area contributed by atoms with Crippen molar-refractivity contribution in [1.29, 1.82) is 0 Å². The Bertz CT molecular complexity index is 1870. The van der Waals surface area contributed by atoms with Crippen molar-refractivity contribution < 1.29 is 71.7 Å². The van der Waals surface area contributed by atoms with Crippen LogP contribution in [0.3, 0.4) is 0 Å². The first-order chi connectivity index (χ1) is 29.6. The Morgan fingerprint density at radius 1 is 0.524 bits per heavy atom. The number of ether oxygens (including phenoxy) is 2. The molecule has 0 aromatic carbocycles. The van der Waals surface area contributed by atoms with Crippen LogP contribution in [-0.4, -0.2) is 135 Å². The van der Waals surface area contributed by atoms with Gasteiger partial charge < -0.3 is 19.7 Å². The van der Waals surface area contributed by atoms with Crippen LogP contribution >= 0.6 is 11.6 Å². The number of halogens is 13. The van der Waals surface area contributed by atoms with Gasteiger partial charge in [-0.05, 0) is 46.5 Å². The summed E-state index contributed by atoms with van der Waals surface area (Å²) in [6.07, 6.45) is -18.8. The molecule has 4 aromatic rings. The molecular formula is C38H37ClF12N8O4. The zero-order valence-corrected chi connectivity index (χ0v) is 33.1. The summed E-state index contributed by atoms with van der Waals surface area (Å²) in [5.41, 5.74) is 1.97. The van der Waals surface area contributed by atoms with Crippen molar-refractivity contribution in [2.45, 2.75) is 49.0 Å². The van der Waals surface area contributed by atoms with Gasteiger partial charge in [0, 0.05) is 114 Å². The number of piperazine rings is 2. The molecule has 344 valence electrons. The van der Waals surface area contributed by atoms with Gasteiger partial charge in [-0.25, -0.2) is 9.59 Å². The molecule has 2 aliphatic rings. The molecule has 6 rings (SSSR count). The van der Waals surface area contributed by atoms with Gasteiger partial charge in [0.25, 0.3) is 12.2 Å². The molecular weight excluding hydrogens is 896 g/mol. The third-order valence-electron chi connectivity index (χ3n) is 9.07. The van der Waals surface area contributed by atoms with Crippen LogP contribution in [0.1, 0.15) is 34.3 Å². The van der Waals surface area contributed by atoms with Crippen molar-refractivity contribution in [3.05, 3.63) is 120 Å². The van der Waals surface area contributed by atoms with Crippen molar-refractivity contribution in [2.24, 2.45) is 0 Å². The lowest BCUT2D eigenvalue weighted by Gasteiger charge is -2.39. The van der Waals surface area contributed by atoms with E-state index in [1.165, 1.54) is 11.1 Å². The molecule has 0 aliphatic carbocycles. The Morgan fingerprint density at radius 3 is 1.11 bits per heavy atom. The van der Waals surface area contributed by atoms with E-state index < -0.39 is 48.4 Å². The first kappa shape index (κ1) is 50.3. The van der Waals surface area contributed by atoms with Gasteiger partial charge in [-0.15, -0.1) is 0 Å². The molecule has 2 saturated heterocycles. The molecule has 0 saturated carbocycles. The Hall–Kier alpha value is -5.33. The van der Waals surface area contributed by atoms with Crippen molar-refractivity contribution in [1.82, 2.24) is 40.0 Å². The smallest absolute Gasteiger partial charge is 0.431 e. The number of hydrogen-bond acceptors (Lipinski definition) is 11. The number of carbonyl (C=O) groups is 2. The Balaban J connectivity index is 0.000000231. The molecule has 25 heteroatoms. The molecule has 4 aromatic heterocycles. The summed E-state index contributed by atoms with van der Waals surface area (Å²) in [6, 6.07) is 15.5. The van der Waals surface area contributed by atoms with Gasteiger partial charge in [-0.3, -0.25) is 29.7 Å². The van der Waals surface area contributed by atoms with Gasteiger partial charge in [-0.2, -0.15) is 52.7 Å². The summed E-state index contributed by atoms with van der Waals surface area (Å²) < 4.78 is 152. The largest absolute Gasteiger partial charge is 0.434 e. The number of nitrogens with one attached hydrogen (secondary N) is 1. The minimum absolute atomic E-state index is 0.0989. The standard InChI is InChI=1S/C19H18F6N4O2.C15H18N4.C4HClF6O2/c20-18(21,22)16(19(23,24)25)31-17(30)29-9-7-28(8-10-29)15(13-3-1-5-26-11-13)14-4-2-6-27-12-14;1-3-13(11-17-5-1)15(14-4-2-6-18-12-14)19-9-7-16-8-10-19;5-2(12)13-1(3(6,7)8)4(9,10)11/h1-6,11-12,15-16H,7-10H2;1-6,11-12,15-16H,7-10H2;1H. The predicted molar refractivity (Wildman–Crippen MR) is 199 cm³/mol. The summed E-state index contributed by atoms with van der Waals surface area (Å²) in [6.45, 7) is 4.38. The molecule has 0 unspecified atom stereocenters. The van der Waals surface area contributed by atoms with Crippen LogP contribution < -0.4 is 5.32 Å². The average Bonchev–Trinajstić information content (AvgIpc) is 3.23. The molecule has 0 spiro atoms. The fourth-order valence-corrected chi connectivity index (χ4v) is 6.48. The molecule has 0 radical (unpaired) electrons. The molecule has 2 fully saturated rings. The molecule has 2 aliphatic heterocycles. The number of pyridine rings is 4. The number of carbonyl (C=O) groups excluding carboxylic acids is 2. The molecule has 12 nitrogen and oxygen atoms in total. The van der Waals surface area contributed by atoms with E-state index in [-0.39, 0.29) is 38.3 Å². The van der Waals surface area contributed by atoms with E-state index in [2.05, 4.69) is 63.4 Å². The van der Waals surface area contributed by atoms with Crippen molar-refractivity contribution in [3.8, 4) is 0 Å². The second-order valence-corrected chi connectivity index (χ2v) is 13.7. The second-order valence-electron chi connectivity index (χ2n) is 13.4. The minimum Gasteiger partial charge on any atom is -0.431 e.